The number of nitrogens with one attached hydrogen (secondary N) is 1. The molecule has 1 aromatic carbocycles. The third kappa shape index (κ3) is 4.58. The molecule has 0 fully saturated rings. The molecule has 0 bridgehead atoms. The SMILES string of the molecule is CCCCCCNC(=O)c1cc(-c2ccccc2)nc2cc(C(C)(C)C)nn12. The van der Waals surface area contributed by atoms with Crippen molar-refractivity contribution in [2.45, 2.75) is 58.8 Å². The quantitative estimate of drug-likeness (QED) is 0.588. The number of unbranched alkanes of at least 4 members (excludes halogenated alkanes) is 3. The van der Waals surface area contributed by atoms with E-state index in [0.717, 1.165) is 29.8 Å². The average Bonchev–Trinajstić information content (AvgIpc) is 3.12. The molecular weight excluding hydrogens is 348 g/mol. The fraction of sp³-hybridized carbons (Fsp3) is 0.435. The van der Waals surface area contributed by atoms with Crippen LogP contribution in [0.2, 0.25) is 0 Å². The van der Waals surface area contributed by atoms with Crippen LogP contribution in [0.3, 0.4) is 0 Å². The molecule has 3 aromatic rings. The van der Waals surface area contributed by atoms with E-state index in [2.05, 4.69) is 33.0 Å². The van der Waals surface area contributed by atoms with E-state index in [9.17, 15) is 4.79 Å². The molecule has 3 rings (SSSR count). The fourth-order valence-electron chi connectivity index (χ4n) is 3.10. The van der Waals surface area contributed by atoms with E-state index < -0.39 is 0 Å². The minimum atomic E-state index is -0.117. The Morgan fingerprint density at radius 1 is 1.07 bits per heavy atom. The molecule has 0 saturated carbocycles. The lowest BCUT2D eigenvalue weighted by Gasteiger charge is -2.13. The normalized spacial score (nSPS) is 11.7. The van der Waals surface area contributed by atoms with Gasteiger partial charge in [-0.15, -0.1) is 0 Å². The first-order chi connectivity index (χ1) is 13.4. The molecule has 2 heterocycles. The summed E-state index contributed by atoms with van der Waals surface area (Å²) in [4.78, 5) is 17.7. The van der Waals surface area contributed by atoms with Crippen molar-refractivity contribution >= 4 is 11.6 Å². The Kier molecular flexibility index (Phi) is 6.12. The molecule has 1 amide bonds. The van der Waals surface area contributed by atoms with E-state index in [1.165, 1.54) is 12.8 Å². The largest absolute Gasteiger partial charge is 0.351 e. The summed E-state index contributed by atoms with van der Waals surface area (Å²) in [6.07, 6.45) is 4.50. The maximum absolute atomic E-state index is 12.9. The average molecular weight is 379 g/mol. The molecule has 148 valence electrons. The molecule has 0 aliphatic rings. The molecule has 0 atom stereocenters. The van der Waals surface area contributed by atoms with Crippen molar-refractivity contribution in [2.75, 3.05) is 6.54 Å². The van der Waals surface area contributed by atoms with Gasteiger partial charge in [-0.05, 0) is 12.5 Å². The van der Waals surface area contributed by atoms with Crippen LogP contribution in [0.4, 0.5) is 0 Å². The number of benzene rings is 1. The van der Waals surface area contributed by atoms with E-state index in [1.807, 2.05) is 42.5 Å². The van der Waals surface area contributed by atoms with Gasteiger partial charge in [-0.1, -0.05) is 77.3 Å². The molecular formula is C23H30N4O. The number of fused-ring (bicyclic) bond motifs is 1. The Balaban J connectivity index is 1.98. The first kappa shape index (κ1) is 20.1. The van der Waals surface area contributed by atoms with Gasteiger partial charge in [0.15, 0.2) is 5.65 Å². The lowest BCUT2D eigenvalue weighted by molar-refractivity contribution is 0.0945. The number of carbonyl (C=O) groups excluding carboxylic acids is 1. The Hall–Kier alpha value is -2.69. The zero-order chi connectivity index (χ0) is 20.1. The molecule has 0 saturated heterocycles. The molecule has 0 aliphatic carbocycles. The third-order valence-corrected chi connectivity index (χ3v) is 4.81. The van der Waals surface area contributed by atoms with Crippen molar-refractivity contribution in [3.8, 4) is 11.3 Å². The summed E-state index contributed by atoms with van der Waals surface area (Å²) in [5.74, 6) is -0.107. The van der Waals surface area contributed by atoms with Crippen molar-refractivity contribution in [1.29, 1.82) is 0 Å². The van der Waals surface area contributed by atoms with E-state index in [1.54, 1.807) is 4.52 Å². The Bertz CT molecular complexity index is 938. The first-order valence-corrected chi connectivity index (χ1v) is 10.1. The first-order valence-electron chi connectivity index (χ1n) is 10.1. The van der Waals surface area contributed by atoms with Crippen molar-refractivity contribution in [3.05, 3.63) is 53.9 Å². The van der Waals surface area contributed by atoms with E-state index in [-0.39, 0.29) is 11.3 Å². The van der Waals surface area contributed by atoms with Crippen LogP contribution in [0.5, 0.6) is 0 Å². The van der Waals surface area contributed by atoms with E-state index >= 15 is 0 Å². The molecule has 0 radical (unpaired) electrons. The van der Waals surface area contributed by atoms with Crippen LogP contribution in [0.1, 0.15) is 69.6 Å². The highest BCUT2D eigenvalue weighted by molar-refractivity contribution is 5.94. The van der Waals surface area contributed by atoms with E-state index in [4.69, 9.17) is 10.1 Å². The fourth-order valence-corrected chi connectivity index (χ4v) is 3.10. The second kappa shape index (κ2) is 8.55. The standard InChI is InChI=1S/C23H30N4O/c1-5-6-7-11-14-24-22(28)19-15-18(17-12-9-8-10-13-17)25-21-16-20(23(2,3)4)26-27(19)21/h8-10,12-13,15-16H,5-7,11,14H2,1-4H3,(H,24,28). The molecule has 0 unspecified atom stereocenters. The van der Waals surface area contributed by atoms with Crippen LogP contribution in [-0.4, -0.2) is 27.0 Å². The number of aromatic nitrogens is 3. The van der Waals surface area contributed by atoms with Crippen LogP contribution < -0.4 is 5.32 Å². The summed E-state index contributed by atoms with van der Waals surface area (Å²) in [6.45, 7) is 9.19. The van der Waals surface area contributed by atoms with Gasteiger partial charge >= 0.3 is 0 Å². The Morgan fingerprint density at radius 2 is 1.82 bits per heavy atom. The highest BCUT2D eigenvalue weighted by Gasteiger charge is 2.22. The molecule has 5 heteroatoms. The smallest absolute Gasteiger partial charge is 0.270 e. The monoisotopic (exact) mass is 378 g/mol. The molecule has 0 spiro atoms. The Morgan fingerprint density at radius 3 is 2.50 bits per heavy atom. The van der Waals surface area contributed by atoms with Crippen molar-refractivity contribution in [3.63, 3.8) is 0 Å². The minimum absolute atomic E-state index is 0.107. The van der Waals surface area contributed by atoms with Crippen LogP contribution in [0, 0.1) is 0 Å². The van der Waals surface area contributed by atoms with E-state index in [0.29, 0.717) is 17.9 Å². The number of nitrogens with zero attached hydrogens (tertiary/aromatic N) is 3. The summed E-state index contributed by atoms with van der Waals surface area (Å²) in [5.41, 5.74) is 3.79. The molecule has 2 aromatic heterocycles. The summed E-state index contributed by atoms with van der Waals surface area (Å²) >= 11 is 0. The third-order valence-electron chi connectivity index (χ3n) is 4.81. The van der Waals surface area contributed by atoms with Crippen molar-refractivity contribution < 1.29 is 4.79 Å². The zero-order valence-electron chi connectivity index (χ0n) is 17.3. The van der Waals surface area contributed by atoms with Gasteiger partial charge in [-0.25, -0.2) is 9.50 Å². The van der Waals surface area contributed by atoms with Gasteiger partial charge in [-0.2, -0.15) is 5.10 Å². The van der Waals surface area contributed by atoms with Gasteiger partial charge < -0.3 is 5.32 Å². The van der Waals surface area contributed by atoms with Crippen molar-refractivity contribution in [1.82, 2.24) is 19.9 Å². The van der Waals surface area contributed by atoms with Gasteiger partial charge in [0.05, 0.1) is 11.4 Å². The second-order valence-electron chi connectivity index (χ2n) is 8.26. The van der Waals surface area contributed by atoms with Gasteiger partial charge in [0.1, 0.15) is 5.69 Å². The number of hydrogen-bond donors (Lipinski definition) is 1. The van der Waals surface area contributed by atoms with Crippen LogP contribution in [-0.2, 0) is 5.41 Å². The number of rotatable bonds is 7. The maximum Gasteiger partial charge on any atom is 0.270 e. The van der Waals surface area contributed by atoms with Gasteiger partial charge in [0, 0.05) is 23.6 Å². The van der Waals surface area contributed by atoms with Crippen LogP contribution in [0.15, 0.2) is 42.5 Å². The number of hydrogen-bond acceptors (Lipinski definition) is 3. The predicted molar refractivity (Wildman–Crippen MR) is 114 cm³/mol. The lowest BCUT2D eigenvalue weighted by atomic mass is 9.93. The molecule has 28 heavy (non-hydrogen) atoms. The summed E-state index contributed by atoms with van der Waals surface area (Å²) in [7, 11) is 0. The minimum Gasteiger partial charge on any atom is -0.351 e. The highest BCUT2D eigenvalue weighted by atomic mass is 16.1. The maximum atomic E-state index is 12.9. The molecule has 1 N–H and O–H groups in total. The van der Waals surface area contributed by atoms with Gasteiger partial charge in [0.25, 0.3) is 5.91 Å². The summed E-state index contributed by atoms with van der Waals surface area (Å²) < 4.78 is 1.67. The van der Waals surface area contributed by atoms with Crippen LogP contribution in [0.25, 0.3) is 16.9 Å². The topological polar surface area (TPSA) is 59.3 Å². The highest BCUT2D eigenvalue weighted by Crippen LogP contribution is 2.25. The summed E-state index contributed by atoms with van der Waals surface area (Å²) in [5, 5.41) is 7.74. The van der Waals surface area contributed by atoms with Crippen molar-refractivity contribution in [2.24, 2.45) is 0 Å². The molecule has 0 aliphatic heterocycles. The van der Waals surface area contributed by atoms with Gasteiger partial charge in [-0.3, -0.25) is 4.79 Å². The number of amides is 1. The van der Waals surface area contributed by atoms with Crippen LogP contribution >= 0.6 is 0 Å². The Labute approximate surface area is 167 Å². The van der Waals surface area contributed by atoms with Gasteiger partial charge in [0.2, 0.25) is 0 Å². The zero-order valence-corrected chi connectivity index (χ0v) is 17.3. The second-order valence-corrected chi connectivity index (χ2v) is 8.26. The molecule has 5 nitrogen and oxygen atoms in total. The number of carbonyl (C=O) groups is 1. The summed E-state index contributed by atoms with van der Waals surface area (Å²) in [6, 6.07) is 13.8. The lowest BCUT2D eigenvalue weighted by Crippen LogP contribution is -2.27. The predicted octanol–water partition coefficient (Wildman–Crippen LogP) is 5.00.